The van der Waals surface area contributed by atoms with Crippen LogP contribution in [0.25, 0.3) is 5.69 Å². The normalized spacial score (nSPS) is 14.6. The molecule has 0 atom stereocenters. The molecule has 2 aromatic carbocycles. The van der Waals surface area contributed by atoms with E-state index in [0.717, 1.165) is 16.9 Å². The first-order valence-electron chi connectivity index (χ1n) is 11.9. The number of piperidine rings is 1. The Morgan fingerprint density at radius 1 is 1.06 bits per heavy atom. The lowest BCUT2D eigenvalue weighted by atomic mass is 9.90. The minimum atomic E-state index is -0.551. The Balaban J connectivity index is 1.63. The third kappa shape index (κ3) is 6.02. The number of benzene rings is 2. The summed E-state index contributed by atoms with van der Waals surface area (Å²) in [6.07, 6.45) is 2.62. The zero-order chi connectivity index (χ0) is 26.0. The summed E-state index contributed by atoms with van der Waals surface area (Å²) in [7, 11) is 0. The van der Waals surface area contributed by atoms with Gasteiger partial charge in [-0.05, 0) is 82.5 Å². The molecule has 1 aromatic heterocycles. The van der Waals surface area contributed by atoms with Gasteiger partial charge in [-0.1, -0.05) is 29.3 Å². The van der Waals surface area contributed by atoms with Crippen molar-refractivity contribution in [3.8, 4) is 5.69 Å². The molecule has 1 aliphatic heterocycles. The summed E-state index contributed by atoms with van der Waals surface area (Å²) in [5, 5.41) is 8.74. The number of amides is 2. The maximum atomic E-state index is 13.3. The fourth-order valence-electron chi connectivity index (χ4n) is 4.24. The molecule has 9 heteroatoms. The van der Waals surface area contributed by atoms with E-state index < -0.39 is 5.60 Å². The highest BCUT2D eigenvalue weighted by Gasteiger charge is 2.32. The first kappa shape index (κ1) is 26.0. The van der Waals surface area contributed by atoms with Crippen LogP contribution < -0.4 is 5.32 Å². The van der Waals surface area contributed by atoms with Gasteiger partial charge in [0, 0.05) is 34.7 Å². The van der Waals surface area contributed by atoms with E-state index in [4.69, 9.17) is 27.9 Å². The molecule has 0 radical (unpaired) electrons. The van der Waals surface area contributed by atoms with Crippen LogP contribution in [0, 0.1) is 6.92 Å². The summed E-state index contributed by atoms with van der Waals surface area (Å²) in [5.74, 6) is -0.247. The first-order valence-corrected chi connectivity index (χ1v) is 12.7. The highest BCUT2D eigenvalue weighted by molar-refractivity contribution is 6.31. The summed E-state index contributed by atoms with van der Waals surface area (Å²) >= 11 is 12.4. The molecule has 1 saturated heterocycles. The Bertz CT molecular complexity index is 1260. The second-order valence-corrected chi connectivity index (χ2v) is 10.8. The molecule has 1 aliphatic rings. The number of ether oxygens (including phenoxy) is 1. The third-order valence-electron chi connectivity index (χ3n) is 6.09. The Morgan fingerprint density at radius 3 is 2.33 bits per heavy atom. The van der Waals surface area contributed by atoms with Crippen LogP contribution in [-0.2, 0) is 4.74 Å². The molecule has 7 nitrogen and oxygen atoms in total. The molecule has 2 heterocycles. The average molecular weight is 529 g/mol. The zero-order valence-corrected chi connectivity index (χ0v) is 22.4. The summed E-state index contributed by atoms with van der Waals surface area (Å²) in [6, 6.07) is 12.7. The van der Waals surface area contributed by atoms with Gasteiger partial charge in [0.25, 0.3) is 5.91 Å². The molecule has 1 fully saturated rings. The quantitative estimate of drug-likeness (QED) is 0.401. The van der Waals surface area contributed by atoms with Gasteiger partial charge in [0.1, 0.15) is 5.60 Å². The molecule has 1 N–H and O–H groups in total. The number of halogens is 2. The first-order chi connectivity index (χ1) is 17.0. The van der Waals surface area contributed by atoms with Gasteiger partial charge in [-0.3, -0.25) is 4.79 Å². The highest BCUT2D eigenvalue weighted by Crippen LogP contribution is 2.34. The minimum Gasteiger partial charge on any atom is -0.444 e. The molecule has 2 amide bonds. The maximum absolute atomic E-state index is 13.3. The van der Waals surface area contributed by atoms with Crippen LogP contribution in [0.3, 0.4) is 0 Å². The van der Waals surface area contributed by atoms with Gasteiger partial charge in [0.2, 0.25) is 0 Å². The number of likely N-dealkylation sites (tertiary alicyclic amines) is 1. The Morgan fingerprint density at radius 2 is 1.72 bits per heavy atom. The van der Waals surface area contributed by atoms with E-state index in [1.165, 1.54) is 0 Å². The van der Waals surface area contributed by atoms with Crippen LogP contribution in [0.5, 0.6) is 0 Å². The van der Waals surface area contributed by atoms with E-state index in [1.54, 1.807) is 40.0 Å². The number of rotatable bonds is 4. The predicted molar refractivity (Wildman–Crippen MR) is 142 cm³/mol. The maximum Gasteiger partial charge on any atom is 0.410 e. The van der Waals surface area contributed by atoms with Crippen molar-refractivity contribution < 1.29 is 14.3 Å². The Labute approximate surface area is 221 Å². The van der Waals surface area contributed by atoms with Gasteiger partial charge in [-0.15, -0.1) is 0 Å². The molecule has 36 heavy (non-hydrogen) atoms. The van der Waals surface area contributed by atoms with Crippen molar-refractivity contribution in [2.45, 2.75) is 52.1 Å². The Kier molecular flexibility index (Phi) is 7.62. The van der Waals surface area contributed by atoms with Crippen LogP contribution in [0.15, 0.2) is 48.7 Å². The molecule has 0 saturated carbocycles. The minimum absolute atomic E-state index is 0.0113. The summed E-state index contributed by atoms with van der Waals surface area (Å²) in [6.45, 7) is 8.56. The number of aromatic nitrogens is 2. The number of hydrogen-bond donors (Lipinski definition) is 1. The van der Waals surface area contributed by atoms with Gasteiger partial charge in [0.15, 0.2) is 0 Å². The lowest BCUT2D eigenvalue weighted by Gasteiger charge is -2.34. The molecule has 0 bridgehead atoms. The summed E-state index contributed by atoms with van der Waals surface area (Å²) in [4.78, 5) is 27.6. The molecule has 190 valence electrons. The molecule has 4 rings (SSSR count). The van der Waals surface area contributed by atoms with Crippen molar-refractivity contribution in [2.75, 3.05) is 18.4 Å². The fourth-order valence-corrected chi connectivity index (χ4v) is 4.54. The van der Waals surface area contributed by atoms with Gasteiger partial charge in [-0.2, -0.15) is 5.10 Å². The second kappa shape index (κ2) is 10.5. The highest BCUT2D eigenvalue weighted by atomic mass is 35.5. The van der Waals surface area contributed by atoms with Crippen molar-refractivity contribution in [3.05, 3.63) is 75.5 Å². The van der Waals surface area contributed by atoms with Crippen molar-refractivity contribution in [1.82, 2.24) is 14.7 Å². The standard InChI is InChI=1S/C27H30Cl2N4O3/c1-17-5-10-21(15-23(17)29)33-24(18-11-13-32(14-12-18)26(35)36-27(2,3)4)22(16-30-33)25(34)31-20-8-6-19(28)7-9-20/h5-10,15-16,18H,11-14H2,1-4H3,(H,31,34). The number of nitrogens with one attached hydrogen (secondary N) is 1. The van der Waals surface area contributed by atoms with Crippen LogP contribution >= 0.6 is 23.2 Å². The Hall–Kier alpha value is -3.03. The van der Waals surface area contributed by atoms with Crippen molar-refractivity contribution >= 4 is 40.9 Å². The van der Waals surface area contributed by atoms with Gasteiger partial charge in [0.05, 0.1) is 23.1 Å². The molecule has 3 aromatic rings. The van der Waals surface area contributed by atoms with Crippen molar-refractivity contribution in [3.63, 3.8) is 0 Å². The average Bonchev–Trinajstić information content (AvgIpc) is 3.27. The van der Waals surface area contributed by atoms with Crippen LogP contribution in [0.2, 0.25) is 10.0 Å². The second-order valence-electron chi connectivity index (χ2n) is 9.99. The monoisotopic (exact) mass is 528 g/mol. The van der Waals surface area contributed by atoms with Gasteiger partial charge in [-0.25, -0.2) is 9.48 Å². The van der Waals surface area contributed by atoms with E-state index in [9.17, 15) is 9.59 Å². The fraction of sp³-hybridized carbons (Fsp3) is 0.370. The number of hydrogen-bond acceptors (Lipinski definition) is 4. The molecular weight excluding hydrogens is 499 g/mol. The van der Waals surface area contributed by atoms with Crippen LogP contribution in [0.4, 0.5) is 10.5 Å². The predicted octanol–water partition coefficient (Wildman–Crippen LogP) is 6.85. The van der Waals surface area contributed by atoms with E-state index in [2.05, 4.69) is 10.4 Å². The smallest absolute Gasteiger partial charge is 0.410 e. The van der Waals surface area contributed by atoms with E-state index in [1.807, 2.05) is 45.9 Å². The summed E-state index contributed by atoms with van der Waals surface area (Å²) in [5.41, 5.74) is 3.11. The molecular formula is C27H30Cl2N4O3. The van der Waals surface area contributed by atoms with E-state index in [0.29, 0.717) is 47.2 Å². The lowest BCUT2D eigenvalue weighted by Crippen LogP contribution is -2.41. The van der Waals surface area contributed by atoms with Crippen LogP contribution in [0.1, 0.15) is 61.1 Å². The SMILES string of the molecule is Cc1ccc(-n2ncc(C(=O)Nc3ccc(Cl)cc3)c2C2CCN(C(=O)OC(C)(C)C)CC2)cc1Cl. The van der Waals surface area contributed by atoms with Crippen molar-refractivity contribution in [1.29, 1.82) is 0 Å². The van der Waals surface area contributed by atoms with Crippen molar-refractivity contribution in [2.24, 2.45) is 0 Å². The number of nitrogens with zero attached hydrogens (tertiary/aromatic N) is 3. The number of anilines is 1. The molecule has 0 unspecified atom stereocenters. The number of carbonyl (C=O) groups is 2. The largest absolute Gasteiger partial charge is 0.444 e. The number of aryl methyl sites for hydroxylation is 1. The molecule has 0 aliphatic carbocycles. The zero-order valence-electron chi connectivity index (χ0n) is 20.8. The third-order valence-corrected chi connectivity index (χ3v) is 6.75. The van der Waals surface area contributed by atoms with E-state index >= 15 is 0 Å². The summed E-state index contributed by atoms with van der Waals surface area (Å²) < 4.78 is 7.33. The topological polar surface area (TPSA) is 76.5 Å². The van der Waals surface area contributed by atoms with E-state index in [-0.39, 0.29) is 17.9 Å². The number of carbonyl (C=O) groups excluding carboxylic acids is 2. The van der Waals surface area contributed by atoms with Gasteiger partial charge >= 0.3 is 6.09 Å². The molecule has 0 spiro atoms. The lowest BCUT2D eigenvalue weighted by molar-refractivity contribution is 0.0203. The van der Waals surface area contributed by atoms with Crippen LogP contribution in [-0.4, -0.2) is 45.4 Å². The van der Waals surface area contributed by atoms with Gasteiger partial charge < -0.3 is 15.0 Å².